The van der Waals surface area contributed by atoms with E-state index in [1.54, 1.807) is 0 Å². The van der Waals surface area contributed by atoms with Crippen molar-refractivity contribution in [2.24, 2.45) is 0 Å². The predicted molar refractivity (Wildman–Crippen MR) is 44.1 cm³/mol. The van der Waals surface area contributed by atoms with Gasteiger partial charge in [0.2, 0.25) is 0 Å². The lowest BCUT2D eigenvalue weighted by Crippen LogP contribution is -2.29. The Kier molecular flexibility index (Phi) is 2.12. The minimum Gasteiger partial charge on any atom is -0.390 e. The van der Waals surface area contributed by atoms with E-state index in [1.165, 1.54) is 0 Å². The predicted octanol–water partition coefficient (Wildman–Crippen LogP) is -0.844. The van der Waals surface area contributed by atoms with Crippen molar-refractivity contribution in [3.63, 3.8) is 0 Å². The van der Waals surface area contributed by atoms with Crippen LogP contribution in [-0.2, 0) is 10.2 Å². The fourth-order valence-corrected chi connectivity index (χ4v) is 2.15. The molecule has 1 rings (SSSR count). The van der Waals surface area contributed by atoms with Crippen molar-refractivity contribution in [1.82, 2.24) is 9.03 Å². The Bertz CT molecular complexity index is 320. The zero-order valence-corrected chi connectivity index (χ0v) is 7.26. The molecule has 6 heteroatoms. The van der Waals surface area contributed by atoms with E-state index >= 15 is 0 Å². The maximum Gasteiger partial charge on any atom is 0.323 e. The van der Waals surface area contributed by atoms with Crippen LogP contribution in [0.15, 0.2) is 24.6 Å². The molecule has 12 heavy (non-hydrogen) atoms. The molecule has 0 aromatic carbocycles. The van der Waals surface area contributed by atoms with Gasteiger partial charge in [-0.1, -0.05) is 13.2 Å². The highest BCUT2D eigenvalue weighted by molar-refractivity contribution is 7.87. The van der Waals surface area contributed by atoms with Crippen LogP contribution in [-0.4, -0.2) is 31.0 Å². The monoisotopic (exact) mass is 190 g/mol. The molecule has 1 heterocycles. The van der Waals surface area contributed by atoms with E-state index in [0.717, 1.165) is 4.31 Å². The zero-order chi connectivity index (χ0) is 9.35. The van der Waals surface area contributed by atoms with Gasteiger partial charge < -0.3 is 5.11 Å². The van der Waals surface area contributed by atoms with Gasteiger partial charge in [0.05, 0.1) is 13.2 Å². The van der Waals surface area contributed by atoms with Crippen LogP contribution in [0.2, 0.25) is 0 Å². The lowest BCUT2D eigenvalue weighted by Gasteiger charge is -2.15. The maximum absolute atomic E-state index is 11.2. The summed E-state index contributed by atoms with van der Waals surface area (Å²) in [6.45, 7) is 6.62. The molecule has 2 N–H and O–H groups in total. The van der Waals surface area contributed by atoms with Gasteiger partial charge in [0, 0.05) is 11.4 Å². The summed E-state index contributed by atoms with van der Waals surface area (Å²) in [6.07, 6.45) is 0. The second-order valence-electron chi connectivity index (χ2n) is 2.44. The van der Waals surface area contributed by atoms with E-state index < -0.39 is 10.2 Å². The molecule has 0 aromatic rings. The van der Waals surface area contributed by atoms with Crippen molar-refractivity contribution >= 4 is 10.2 Å². The summed E-state index contributed by atoms with van der Waals surface area (Å²) in [5, 5.41) is 8.65. The largest absolute Gasteiger partial charge is 0.390 e. The van der Waals surface area contributed by atoms with Gasteiger partial charge in [-0.05, 0) is 0 Å². The first-order chi connectivity index (χ1) is 5.47. The molecule has 68 valence electrons. The maximum atomic E-state index is 11.2. The van der Waals surface area contributed by atoms with Gasteiger partial charge in [-0.3, -0.25) is 4.72 Å². The van der Waals surface area contributed by atoms with Gasteiger partial charge in [-0.15, -0.1) is 0 Å². The Morgan fingerprint density at radius 1 is 1.75 bits per heavy atom. The average Bonchev–Trinajstić information content (AvgIpc) is 2.23. The lowest BCUT2D eigenvalue weighted by atomic mass is 10.4. The third-order valence-electron chi connectivity index (χ3n) is 1.43. The molecule has 0 amide bonds. The lowest BCUT2D eigenvalue weighted by molar-refractivity contribution is 0.304. The summed E-state index contributed by atoms with van der Waals surface area (Å²) in [7, 11) is -3.52. The van der Waals surface area contributed by atoms with Gasteiger partial charge in [-0.25, -0.2) is 4.31 Å². The Balaban J connectivity index is 2.93. The van der Waals surface area contributed by atoms with E-state index in [1.807, 2.05) is 0 Å². The van der Waals surface area contributed by atoms with Gasteiger partial charge >= 0.3 is 10.2 Å². The molecule has 1 fully saturated rings. The topological polar surface area (TPSA) is 69.6 Å². The van der Waals surface area contributed by atoms with Crippen LogP contribution in [0.3, 0.4) is 0 Å². The number of nitrogens with zero attached hydrogens (tertiary/aromatic N) is 1. The second-order valence-corrected chi connectivity index (χ2v) is 4.04. The summed E-state index contributed by atoms with van der Waals surface area (Å²) in [6, 6.07) is 0. The van der Waals surface area contributed by atoms with Crippen molar-refractivity contribution in [2.75, 3.05) is 13.2 Å². The normalized spacial score (nSPS) is 20.8. The Morgan fingerprint density at radius 3 is 2.67 bits per heavy atom. The van der Waals surface area contributed by atoms with Crippen molar-refractivity contribution in [3.05, 3.63) is 24.6 Å². The zero-order valence-electron chi connectivity index (χ0n) is 6.45. The van der Waals surface area contributed by atoms with Crippen LogP contribution in [0.4, 0.5) is 0 Å². The first-order valence-electron chi connectivity index (χ1n) is 3.24. The van der Waals surface area contributed by atoms with Crippen LogP contribution in [0.1, 0.15) is 0 Å². The van der Waals surface area contributed by atoms with Crippen molar-refractivity contribution in [1.29, 1.82) is 0 Å². The highest BCUT2D eigenvalue weighted by atomic mass is 32.2. The number of rotatable bonds is 2. The molecule has 1 aliphatic heterocycles. The van der Waals surface area contributed by atoms with Gasteiger partial charge in [0.1, 0.15) is 0 Å². The Hall–Kier alpha value is -1.01. The van der Waals surface area contributed by atoms with Crippen LogP contribution < -0.4 is 4.72 Å². The summed E-state index contributed by atoms with van der Waals surface area (Å²) < 4.78 is 25.5. The molecule has 0 aliphatic carbocycles. The van der Waals surface area contributed by atoms with Gasteiger partial charge in [0.15, 0.2) is 0 Å². The number of nitrogens with one attached hydrogen (secondary N) is 1. The highest BCUT2D eigenvalue weighted by Gasteiger charge is 2.30. The molecule has 0 bridgehead atoms. The smallest absolute Gasteiger partial charge is 0.323 e. The SMILES string of the molecule is C=C1CN(C(=C)CO)S(=O)(=O)N1. The Morgan fingerprint density at radius 2 is 2.33 bits per heavy atom. The minimum atomic E-state index is -3.52. The van der Waals surface area contributed by atoms with Crippen LogP contribution in [0.25, 0.3) is 0 Å². The summed E-state index contributed by atoms with van der Waals surface area (Å²) in [5.74, 6) is 0. The standard InChI is InChI=1S/C6H10N2O3S/c1-5-3-8(6(2)4-9)12(10,11)7-5/h7,9H,1-4H2. The molecule has 0 spiro atoms. The first-order valence-corrected chi connectivity index (χ1v) is 4.68. The fourth-order valence-electron chi connectivity index (χ4n) is 0.889. The van der Waals surface area contributed by atoms with Gasteiger partial charge in [0.25, 0.3) is 0 Å². The molecule has 0 unspecified atom stereocenters. The van der Waals surface area contributed by atoms with E-state index in [9.17, 15) is 8.42 Å². The third kappa shape index (κ3) is 1.44. The second kappa shape index (κ2) is 2.80. The number of hydrogen-bond acceptors (Lipinski definition) is 3. The van der Waals surface area contributed by atoms with Crippen molar-refractivity contribution < 1.29 is 13.5 Å². The first kappa shape index (κ1) is 9.08. The van der Waals surface area contributed by atoms with Crippen molar-refractivity contribution in [3.8, 4) is 0 Å². The molecule has 0 atom stereocenters. The van der Waals surface area contributed by atoms with Crippen LogP contribution in [0, 0.1) is 0 Å². The Labute approximate surface area is 71.2 Å². The summed E-state index contributed by atoms with van der Waals surface area (Å²) in [4.78, 5) is 0. The fraction of sp³-hybridized carbons (Fsp3) is 0.333. The number of aliphatic hydroxyl groups excluding tert-OH is 1. The molecule has 0 aromatic heterocycles. The van der Waals surface area contributed by atoms with Crippen LogP contribution in [0.5, 0.6) is 0 Å². The number of hydrogen-bond donors (Lipinski definition) is 2. The van der Waals surface area contributed by atoms with E-state index in [0.29, 0.717) is 5.70 Å². The quantitative estimate of drug-likeness (QED) is 0.596. The molecule has 0 radical (unpaired) electrons. The van der Waals surface area contributed by atoms with Crippen LogP contribution >= 0.6 is 0 Å². The van der Waals surface area contributed by atoms with E-state index in [4.69, 9.17) is 5.11 Å². The van der Waals surface area contributed by atoms with Gasteiger partial charge in [-0.2, -0.15) is 8.42 Å². The minimum absolute atomic E-state index is 0.140. The average molecular weight is 190 g/mol. The molecule has 1 aliphatic rings. The highest BCUT2D eigenvalue weighted by Crippen LogP contribution is 2.16. The van der Waals surface area contributed by atoms with Crippen molar-refractivity contribution in [2.45, 2.75) is 0 Å². The summed E-state index contributed by atoms with van der Waals surface area (Å²) in [5.41, 5.74) is 0.519. The van der Waals surface area contributed by atoms with E-state index in [-0.39, 0.29) is 18.8 Å². The molecular formula is C6H10N2O3S. The molecule has 5 nitrogen and oxygen atoms in total. The third-order valence-corrected chi connectivity index (χ3v) is 2.95. The number of aliphatic hydroxyl groups is 1. The molecule has 1 saturated heterocycles. The molecular weight excluding hydrogens is 180 g/mol. The van der Waals surface area contributed by atoms with E-state index in [2.05, 4.69) is 17.9 Å². The molecule has 0 saturated carbocycles. The summed E-state index contributed by atoms with van der Waals surface area (Å²) >= 11 is 0.